The van der Waals surface area contributed by atoms with Crippen molar-refractivity contribution >= 4 is 11.4 Å². The van der Waals surface area contributed by atoms with Crippen molar-refractivity contribution < 1.29 is 10.2 Å². The summed E-state index contributed by atoms with van der Waals surface area (Å²) in [4.78, 5) is 0. The lowest BCUT2D eigenvalue weighted by atomic mass is 9.45. The van der Waals surface area contributed by atoms with Gasteiger partial charge in [0.05, 0.1) is 12.2 Å². The second-order valence-corrected chi connectivity index (χ2v) is 18.3. The molecule has 0 aliphatic heterocycles. The molecule has 0 radical (unpaired) electrons. The number of aliphatic hydroxyl groups excluding tert-OH is 2. The Hall–Kier alpha value is -0.740. The third-order valence-electron chi connectivity index (χ3n) is 17.0. The first-order valence-electron chi connectivity index (χ1n) is 18.6. The molecule has 42 heavy (non-hydrogen) atoms. The van der Waals surface area contributed by atoms with E-state index in [0.717, 1.165) is 85.9 Å². The SMILES string of the molecule is C[C@]12CC[C@H](O)C[C@@H]1CC[C@H]1[C@H]2CC[C@]2(C)/C(=N/N=C3/CC[C@H]4[C@@H]5CC[C@@H]6C[C@@H](O)CC[C@]6(C)[C@H]5CC[C@]34C)CC[C@@H]12. The first-order chi connectivity index (χ1) is 20.1. The minimum Gasteiger partial charge on any atom is -0.393 e. The predicted octanol–water partition coefficient (Wildman–Crippen LogP) is 8.59. The third kappa shape index (κ3) is 3.97. The van der Waals surface area contributed by atoms with Gasteiger partial charge < -0.3 is 10.2 Å². The molecule has 0 heterocycles. The maximum atomic E-state index is 10.4. The number of rotatable bonds is 1. The first-order valence-corrected chi connectivity index (χ1v) is 18.6. The van der Waals surface area contributed by atoms with E-state index < -0.39 is 0 Å². The summed E-state index contributed by atoms with van der Waals surface area (Å²) < 4.78 is 0. The fourth-order valence-corrected chi connectivity index (χ4v) is 14.5. The summed E-state index contributed by atoms with van der Waals surface area (Å²) in [6.45, 7) is 10.4. The first kappa shape index (κ1) is 28.7. The molecule has 0 aromatic rings. The topological polar surface area (TPSA) is 65.2 Å². The van der Waals surface area contributed by atoms with Crippen molar-refractivity contribution in [1.29, 1.82) is 0 Å². The van der Waals surface area contributed by atoms with Gasteiger partial charge in [-0.05, 0) is 174 Å². The highest BCUT2D eigenvalue weighted by Gasteiger charge is 2.61. The van der Waals surface area contributed by atoms with Crippen LogP contribution in [0.3, 0.4) is 0 Å². The zero-order valence-corrected chi connectivity index (χ0v) is 27.3. The summed E-state index contributed by atoms with van der Waals surface area (Å²) in [5.41, 5.74) is 4.28. The Balaban J connectivity index is 1.00. The number of nitrogens with zero attached hydrogens (tertiary/aromatic N) is 2. The van der Waals surface area contributed by atoms with E-state index in [4.69, 9.17) is 10.2 Å². The fraction of sp³-hybridized carbons (Fsp3) is 0.947. The summed E-state index contributed by atoms with van der Waals surface area (Å²) in [5.74, 6) is 6.44. The van der Waals surface area contributed by atoms with Gasteiger partial charge >= 0.3 is 0 Å². The van der Waals surface area contributed by atoms with Gasteiger partial charge in [0.2, 0.25) is 0 Å². The lowest BCUT2D eigenvalue weighted by Gasteiger charge is -2.60. The smallest absolute Gasteiger partial charge is 0.0543 e. The Morgan fingerprint density at radius 1 is 0.500 bits per heavy atom. The Bertz CT molecular complexity index is 1060. The van der Waals surface area contributed by atoms with E-state index in [9.17, 15) is 10.2 Å². The largest absolute Gasteiger partial charge is 0.393 e. The molecule has 0 aromatic heterocycles. The molecule has 8 saturated carbocycles. The van der Waals surface area contributed by atoms with E-state index in [1.54, 1.807) is 0 Å². The molecule has 4 nitrogen and oxygen atoms in total. The van der Waals surface area contributed by atoms with Crippen molar-refractivity contribution in [2.75, 3.05) is 0 Å². The number of hydrogen-bond acceptors (Lipinski definition) is 4. The molecule has 0 aromatic carbocycles. The number of fused-ring (bicyclic) bond motifs is 10. The molecule has 8 rings (SSSR count). The molecule has 0 bridgehead atoms. The third-order valence-corrected chi connectivity index (χ3v) is 17.0. The normalized spacial score (nSPS) is 58.9. The van der Waals surface area contributed by atoms with E-state index in [2.05, 4.69) is 27.7 Å². The van der Waals surface area contributed by atoms with Crippen LogP contribution in [0.4, 0.5) is 0 Å². The minimum atomic E-state index is -0.0516. The molecule has 8 aliphatic carbocycles. The quantitative estimate of drug-likeness (QED) is 0.307. The van der Waals surface area contributed by atoms with Crippen LogP contribution in [0.2, 0.25) is 0 Å². The second kappa shape index (κ2) is 9.88. The van der Waals surface area contributed by atoms with Gasteiger partial charge in [-0.15, -0.1) is 0 Å². The minimum absolute atomic E-state index is 0.0516. The summed E-state index contributed by atoms with van der Waals surface area (Å²) in [6, 6.07) is 0. The molecule has 14 atom stereocenters. The molecule has 8 fully saturated rings. The summed E-state index contributed by atoms with van der Waals surface area (Å²) in [6.07, 6.45) is 22.2. The lowest BCUT2D eigenvalue weighted by molar-refractivity contribution is -0.114. The molecule has 8 aliphatic rings. The van der Waals surface area contributed by atoms with E-state index in [1.165, 1.54) is 88.5 Å². The monoisotopic (exact) mass is 576 g/mol. The van der Waals surface area contributed by atoms with Gasteiger partial charge in [-0.3, -0.25) is 0 Å². The van der Waals surface area contributed by atoms with E-state index in [-0.39, 0.29) is 23.0 Å². The molecule has 2 N–H and O–H groups in total. The van der Waals surface area contributed by atoms with E-state index in [1.807, 2.05) is 0 Å². The Kier molecular flexibility index (Phi) is 6.75. The Morgan fingerprint density at radius 2 is 0.929 bits per heavy atom. The summed E-state index contributed by atoms with van der Waals surface area (Å²) in [7, 11) is 0. The highest BCUT2D eigenvalue weighted by atomic mass is 16.3. The van der Waals surface area contributed by atoms with E-state index in [0.29, 0.717) is 10.8 Å². The van der Waals surface area contributed by atoms with Crippen LogP contribution >= 0.6 is 0 Å². The summed E-state index contributed by atoms with van der Waals surface area (Å²) in [5, 5.41) is 31.4. The maximum absolute atomic E-state index is 10.4. The van der Waals surface area contributed by atoms with Gasteiger partial charge in [-0.2, -0.15) is 10.2 Å². The molecular formula is C38H60N2O2. The van der Waals surface area contributed by atoms with Crippen LogP contribution in [0.15, 0.2) is 10.2 Å². The lowest BCUT2D eigenvalue weighted by Crippen LogP contribution is -2.54. The molecule has 234 valence electrons. The second-order valence-electron chi connectivity index (χ2n) is 18.3. The standard InChI is InChI=1S/C38H60N2O2/c1-35-17-13-25(41)21-23(35)5-7-27-29-9-11-33(37(29,3)19-15-31(27)35)39-40-34-12-10-30-28-8-6-24-22-26(42)14-18-36(24,2)32(28)16-20-38(30,34)4/h23-32,41-42H,5-22H2,1-4H3/b39-33-,40-34+/t23-,24+,25+,26+,27+,28-,29+,30+,31+,32-,35+,36+,37+,38+/m1/s1. The van der Waals surface area contributed by atoms with Crippen LogP contribution < -0.4 is 0 Å². The van der Waals surface area contributed by atoms with Crippen LogP contribution in [0.5, 0.6) is 0 Å². The summed E-state index contributed by atoms with van der Waals surface area (Å²) >= 11 is 0. The Morgan fingerprint density at radius 3 is 1.36 bits per heavy atom. The predicted molar refractivity (Wildman–Crippen MR) is 170 cm³/mol. The van der Waals surface area contributed by atoms with Gasteiger partial charge in [-0.1, -0.05) is 27.7 Å². The number of aliphatic hydroxyl groups is 2. The Labute approximate surface area is 256 Å². The molecule has 0 amide bonds. The average molecular weight is 577 g/mol. The van der Waals surface area contributed by atoms with Gasteiger partial charge in [0.1, 0.15) is 0 Å². The van der Waals surface area contributed by atoms with Crippen LogP contribution in [-0.4, -0.2) is 33.8 Å². The molecule has 0 spiro atoms. The van der Waals surface area contributed by atoms with Crippen LogP contribution in [0, 0.1) is 69.0 Å². The zero-order chi connectivity index (χ0) is 29.1. The van der Waals surface area contributed by atoms with Crippen molar-refractivity contribution in [3.8, 4) is 0 Å². The number of hydrogen-bond donors (Lipinski definition) is 2. The highest BCUT2D eigenvalue weighted by Crippen LogP contribution is 2.67. The molecule has 0 saturated heterocycles. The van der Waals surface area contributed by atoms with Crippen LogP contribution in [-0.2, 0) is 0 Å². The van der Waals surface area contributed by atoms with E-state index >= 15 is 0 Å². The average Bonchev–Trinajstić information content (AvgIpc) is 3.48. The van der Waals surface area contributed by atoms with Crippen molar-refractivity contribution in [3.05, 3.63) is 0 Å². The maximum Gasteiger partial charge on any atom is 0.0543 e. The van der Waals surface area contributed by atoms with Gasteiger partial charge in [0, 0.05) is 22.3 Å². The molecular weight excluding hydrogens is 516 g/mol. The van der Waals surface area contributed by atoms with Gasteiger partial charge in [0.25, 0.3) is 0 Å². The van der Waals surface area contributed by atoms with Crippen LogP contribution in [0.25, 0.3) is 0 Å². The van der Waals surface area contributed by atoms with Crippen molar-refractivity contribution in [2.45, 2.75) is 155 Å². The fourth-order valence-electron chi connectivity index (χ4n) is 14.5. The highest BCUT2D eigenvalue weighted by molar-refractivity contribution is 5.95. The van der Waals surface area contributed by atoms with Crippen molar-refractivity contribution in [3.63, 3.8) is 0 Å². The van der Waals surface area contributed by atoms with Crippen molar-refractivity contribution in [1.82, 2.24) is 0 Å². The van der Waals surface area contributed by atoms with Crippen LogP contribution in [0.1, 0.15) is 143 Å². The molecule has 4 heteroatoms. The van der Waals surface area contributed by atoms with Gasteiger partial charge in [-0.25, -0.2) is 0 Å². The zero-order valence-electron chi connectivity index (χ0n) is 27.3. The van der Waals surface area contributed by atoms with Gasteiger partial charge in [0.15, 0.2) is 0 Å². The van der Waals surface area contributed by atoms with Crippen molar-refractivity contribution in [2.24, 2.45) is 79.2 Å². The molecule has 0 unspecified atom stereocenters.